The summed E-state index contributed by atoms with van der Waals surface area (Å²) in [5.41, 5.74) is 0.451. The molecular formula is C11H9ClFN3OS. The van der Waals surface area contributed by atoms with Gasteiger partial charge in [0.2, 0.25) is 5.91 Å². The lowest BCUT2D eigenvalue weighted by molar-refractivity contribution is -0.114. The second-order valence-electron chi connectivity index (χ2n) is 3.37. The molecule has 0 saturated heterocycles. The van der Waals surface area contributed by atoms with Crippen LogP contribution in [0, 0.1) is 5.82 Å². The van der Waals surface area contributed by atoms with E-state index in [1.165, 1.54) is 29.5 Å². The normalized spacial score (nSPS) is 10.1. The Morgan fingerprint density at radius 3 is 3.00 bits per heavy atom. The number of halogens is 2. The molecule has 0 fully saturated rings. The molecule has 0 spiro atoms. The van der Waals surface area contributed by atoms with Gasteiger partial charge in [-0.25, -0.2) is 9.37 Å². The Kier molecular flexibility index (Phi) is 4.11. The summed E-state index contributed by atoms with van der Waals surface area (Å²) in [6.45, 7) is 0.0858. The van der Waals surface area contributed by atoms with E-state index in [1.54, 1.807) is 11.6 Å². The van der Waals surface area contributed by atoms with Gasteiger partial charge in [-0.2, -0.15) is 0 Å². The SMILES string of the molecule is O=C(CNc1nccs1)Nc1ccc(F)c(Cl)c1. The fourth-order valence-corrected chi connectivity index (χ4v) is 1.95. The van der Waals surface area contributed by atoms with Crippen molar-refractivity contribution in [3.8, 4) is 0 Å². The number of nitrogens with one attached hydrogen (secondary N) is 2. The van der Waals surface area contributed by atoms with Crippen molar-refractivity contribution >= 4 is 39.7 Å². The zero-order valence-corrected chi connectivity index (χ0v) is 10.7. The molecule has 0 aliphatic heterocycles. The first-order valence-corrected chi connectivity index (χ1v) is 6.29. The molecule has 0 atom stereocenters. The lowest BCUT2D eigenvalue weighted by atomic mass is 10.3. The van der Waals surface area contributed by atoms with Gasteiger partial charge < -0.3 is 10.6 Å². The van der Waals surface area contributed by atoms with Gasteiger partial charge in [-0.1, -0.05) is 11.6 Å². The zero-order chi connectivity index (χ0) is 13.0. The maximum Gasteiger partial charge on any atom is 0.243 e. The molecule has 0 aliphatic carbocycles. The van der Waals surface area contributed by atoms with Crippen LogP contribution in [0.3, 0.4) is 0 Å². The lowest BCUT2D eigenvalue weighted by Gasteiger charge is -2.06. The van der Waals surface area contributed by atoms with Gasteiger partial charge in [-0.15, -0.1) is 11.3 Å². The van der Waals surface area contributed by atoms with E-state index in [2.05, 4.69) is 15.6 Å². The maximum absolute atomic E-state index is 12.9. The van der Waals surface area contributed by atoms with E-state index in [4.69, 9.17) is 11.6 Å². The molecule has 2 N–H and O–H groups in total. The van der Waals surface area contributed by atoms with E-state index in [0.717, 1.165) is 0 Å². The molecule has 1 aromatic heterocycles. The van der Waals surface area contributed by atoms with Crippen LogP contribution in [-0.4, -0.2) is 17.4 Å². The van der Waals surface area contributed by atoms with E-state index in [9.17, 15) is 9.18 Å². The molecule has 4 nitrogen and oxygen atoms in total. The van der Waals surface area contributed by atoms with Crippen LogP contribution in [0.25, 0.3) is 0 Å². The second kappa shape index (κ2) is 5.79. The number of nitrogens with zero attached hydrogens (tertiary/aromatic N) is 1. The van der Waals surface area contributed by atoms with Gasteiger partial charge in [-0.3, -0.25) is 4.79 Å². The van der Waals surface area contributed by atoms with Gasteiger partial charge in [0.05, 0.1) is 11.6 Å². The van der Waals surface area contributed by atoms with Crippen LogP contribution in [0.15, 0.2) is 29.8 Å². The summed E-state index contributed by atoms with van der Waals surface area (Å²) in [5.74, 6) is -0.775. The summed E-state index contributed by atoms with van der Waals surface area (Å²) < 4.78 is 12.9. The van der Waals surface area contributed by atoms with Crippen molar-refractivity contribution in [1.29, 1.82) is 0 Å². The molecule has 1 amide bonds. The number of thiazole rings is 1. The summed E-state index contributed by atoms with van der Waals surface area (Å²) in [6.07, 6.45) is 1.64. The standard InChI is InChI=1S/C11H9ClFN3OS/c12-8-5-7(1-2-9(8)13)16-10(17)6-15-11-14-3-4-18-11/h1-5H,6H2,(H,14,15)(H,16,17). The molecule has 0 saturated carbocycles. The zero-order valence-electron chi connectivity index (χ0n) is 9.11. The van der Waals surface area contributed by atoms with Crippen LogP contribution in [0.1, 0.15) is 0 Å². The van der Waals surface area contributed by atoms with Gasteiger partial charge in [0, 0.05) is 17.3 Å². The fraction of sp³-hybridized carbons (Fsp3) is 0.0909. The van der Waals surface area contributed by atoms with Gasteiger partial charge in [0.1, 0.15) is 5.82 Å². The Labute approximate surface area is 112 Å². The lowest BCUT2D eigenvalue weighted by Crippen LogP contribution is -2.21. The van der Waals surface area contributed by atoms with Crippen LogP contribution in [-0.2, 0) is 4.79 Å². The number of anilines is 2. The Balaban J connectivity index is 1.88. The second-order valence-corrected chi connectivity index (χ2v) is 4.67. The van der Waals surface area contributed by atoms with Crippen molar-refractivity contribution in [2.24, 2.45) is 0 Å². The molecule has 2 aromatic rings. The molecule has 0 radical (unpaired) electrons. The summed E-state index contributed by atoms with van der Waals surface area (Å²) in [5, 5.41) is 7.90. The molecule has 2 rings (SSSR count). The molecule has 1 aromatic carbocycles. The third kappa shape index (κ3) is 3.41. The highest BCUT2D eigenvalue weighted by molar-refractivity contribution is 7.13. The first kappa shape index (κ1) is 12.8. The molecule has 0 aliphatic rings. The quantitative estimate of drug-likeness (QED) is 0.908. The predicted molar refractivity (Wildman–Crippen MR) is 70.6 cm³/mol. The first-order valence-electron chi connectivity index (χ1n) is 5.03. The van der Waals surface area contributed by atoms with Crippen LogP contribution in [0.4, 0.5) is 15.2 Å². The Bertz CT molecular complexity index is 547. The third-order valence-electron chi connectivity index (χ3n) is 2.04. The number of rotatable bonds is 4. The third-order valence-corrected chi connectivity index (χ3v) is 3.06. The Morgan fingerprint density at radius 2 is 2.33 bits per heavy atom. The number of carbonyl (C=O) groups is 1. The molecule has 1 heterocycles. The molecular weight excluding hydrogens is 277 g/mol. The van der Waals surface area contributed by atoms with Crippen molar-refractivity contribution in [2.45, 2.75) is 0 Å². The van der Waals surface area contributed by atoms with Crippen molar-refractivity contribution in [2.75, 3.05) is 17.2 Å². The van der Waals surface area contributed by atoms with E-state index < -0.39 is 5.82 Å². The van der Waals surface area contributed by atoms with E-state index in [1.807, 2.05) is 0 Å². The maximum atomic E-state index is 12.9. The monoisotopic (exact) mass is 285 g/mol. The molecule has 0 bridgehead atoms. The average Bonchev–Trinajstić information content (AvgIpc) is 2.84. The summed E-state index contributed by atoms with van der Waals surface area (Å²) in [4.78, 5) is 15.5. The topological polar surface area (TPSA) is 54.0 Å². The van der Waals surface area contributed by atoms with E-state index >= 15 is 0 Å². The molecule has 0 unspecified atom stereocenters. The van der Waals surface area contributed by atoms with Gasteiger partial charge >= 0.3 is 0 Å². The summed E-state index contributed by atoms with van der Waals surface area (Å²) >= 11 is 7.01. The number of amides is 1. The number of hydrogen-bond acceptors (Lipinski definition) is 4. The fourth-order valence-electron chi connectivity index (χ4n) is 1.25. The highest BCUT2D eigenvalue weighted by Gasteiger charge is 2.05. The number of benzene rings is 1. The predicted octanol–water partition coefficient (Wildman–Crippen LogP) is 2.99. The van der Waals surface area contributed by atoms with Crippen molar-refractivity contribution < 1.29 is 9.18 Å². The van der Waals surface area contributed by atoms with E-state index in [-0.39, 0.29) is 17.5 Å². The highest BCUT2D eigenvalue weighted by Crippen LogP contribution is 2.19. The Morgan fingerprint density at radius 1 is 1.50 bits per heavy atom. The van der Waals surface area contributed by atoms with Gasteiger partial charge in [-0.05, 0) is 18.2 Å². The smallest absolute Gasteiger partial charge is 0.243 e. The summed E-state index contributed by atoms with van der Waals surface area (Å²) in [6, 6.07) is 4.01. The number of carbonyl (C=O) groups excluding carboxylic acids is 1. The average molecular weight is 286 g/mol. The van der Waals surface area contributed by atoms with Crippen LogP contribution < -0.4 is 10.6 Å². The minimum absolute atomic E-state index is 0.0271. The number of aromatic nitrogens is 1. The largest absolute Gasteiger partial charge is 0.352 e. The van der Waals surface area contributed by atoms with Gasteiger partial charge in [0.25, 0.3) is 0 Å². The van der Waals surface area contributed by atoms with Crippen molar-refractivity contribution in [3.63, 3.8) is 0 Å². The molecule has 7 heteroatoms. The molecule has 18 heavy (non-hydrogen) atoms. The molecule has 94 valence electrons. The van der Waals surface area contributed by atoms with Gasteiger partial charge in [0.15, 0.2) is 5.13 Å². The van der Waals surface area contributed by atoms with Crippen LogP contribution in [0.5, 0.6) is 0 Å². The minimum atomic E-state index is -0.518. The van der Waals surface area contributed by atoms with Crippen LogP contribution in [0.2, 0.25) is 5.02 Å². The first-order chi connectivity index (χ1) is 8.65. The Hall–Kier alpha value is -1.66. The van der Waals surface area contributed by atoms with Crippen molar-refractivity contribution in [1.82, 2.24) is 4.98 Å². The number of hydrogen-bond donors (Lipinski definition) is 2. The highest BCUT2D eigenvalue weighted by atomic mass is 35.5. The van der Waals surface area contributed by atoms with Crippen LogP contribution >= 0.6 is 22.9 Å². The van der Waals surface area contributed by atoms with E-state index in [0.29, 0.717) is 10.8 Å². The minimum Gasteiger partial charge on any atom is -0.352 e. The van der Waals surface area contributed by atoms with Crippen molar-refractivity contribution in [3.05, 3.63) is 40.6 Å². The summed E-state index contributed by atoms with van der Waals surface area (Å²) in [7, 11) is 0.